The van der Waals surface area contributed by atoms with Crippen LogP contribution in [0.5, 0.6) is 5.75 Å². The molecule has 4 rings (SSSR count). The van der Waals surface area contributed by atoms with Crippen LogP contribution in [-0.4, -0.2) is 36.2 Å². The Balaban J connectivity index is 1.55. The molecule has 2 amide bonds. The molecule has 168 valence electrons. The van der Waals surface area contributed by atoms with Gasteiger partial charge in [0, 0.05) is 12.1 Å². The van der Waals surface area contributed by atoms with Crippen molar-refractivity contribution in [2.75, 3.05) is 19.0 Å². The summed E-state index contributed by atoms with van der Waals surface area (Å²) >= 11 is 0. The number of carbonyl (C=O) groups is 2. The Hall–Kier alpha value is -4.20. The molecule has 1 unspecified atom stereocenters. The predicted octanol–water partition coefficient (Wildman–Crippen LogP) is 3.72. The Morgan fingerprint density at radius 2 is 1.85 bits per heavy atom. The second-order valence-corrected chi connectivity index (χ2v) is 7.56. The number of primary amides is 1. The first-order valence-corrected chi connectivity index (χ1v) is 10.4. The number of benzene rings is 3. The predicted molar refractivity (Wildman–Crippen MR) is 124 cm³/mol. The van der Waals surface area contributed by atoms with Crippen LogP contribution in [0.25, 0.3) is 0 Å². The van der Waals surface area contributed by atoms with Crippen molar-refractivity contribution in [2.24, 2.45) is 10.8 Å². The van der Waals surface area contributed by atoms with E-state index in [0.717, 1.165) is 28.7 Å². The first kappa shape index (κ1) is 22.0. The topological polar surface area (TPSA) is 97.0 Å². The maximum absolute atomic E-state index is 14.0. The molecule has 7 nitrogen and oxygen atoms in total. The van der Waals surface area contributed by atoms with Crippen molar-refractivity contribution in [1.82, 2.24) is 5.01 Å². The van der Waals surface area contributed by atoms with E-state index in [0.29, 0.717) is 12.1 Å². The van der Waals surface area contributed by atoms with E-state index in [1.165, 1.54) is 17.1 Å². The Bertz CT molecular complexity index is 1200. The Labute approximate surface area is 190 Å². The number of amides is 2. The number of hydrogen-bond donors (Lipinski definition) is 2. The van der Waals surface area contributed by atoms with E-state index in [-0.39, 0.29) is 24.1 Å². The van der Waals surface area contributed by atoms with E-state index in [4.69, 9.17) is 10.5 Å². The van der Waals surface area contributed by atoms with Gasteiger partial charge in [0.1, 0.15) is 11.6 Å². The third kappa shape index (κ3) is 4.85. The van der Waals surface area contributed by atoms with Crippen molar-refractivity contribution in [3.8, 4) is 5.75 Å². The number of methoxy groups -OCH3 is 1. The van der Waals surface area contributed by atoms with Crippen LogP contribution in [0.15, 0.2) is 77.9 Å². The summed E-state index contributed by atoms with van der Waals surface area (Å²) in [6.45, 7) is -0.104. The molecule has 0 aromatic heterocycles. The summed E-state index contributed by atoms with van der Waals surface area (Å²) in [7, 11) is 1.60. The van der Waals surface area contributed by atoms with Gasteiger partial charge in [-0.05, 0) is 41.5 Å². The van der Waals surface area contributed by atoms with Gasteiger partial charge in [0.2, 0.25) is 0 Å². The Morgan fingerprint density at radius 1 is 1.12 bits per heavy atom. The van der Waals surface area contributed by atoms with Crippen LogP contribution in [0.4, 0.5) is 10.1 Å². The summed E-state index contributed by atoms with van der Waals surface area (Å²) in [4.78, 5) is 24.3. The average molecular weight is 446 g/mol. The van der Waals surface area contributed by atoms with Gasteiger partial charge >= 0.3 is 0 Å². The molecule has 0 fully saturated rings. The zero-order chi connectivity index (χ0) is 23.4. The summed E-state index contributed by atoms with van der Waals surface area (Å²) in [6.07, 6.45) is 0.560. The number of hydrazone groups is 1. The number of nitrogens with one attached hydrogen (secondary N) is 1. The van der Waals surface area contributed by atoms with Gasteiger partial charge in [-0.2, -0.15) is 5.10 Å². The standard InChI is InChI=1S/C25H23FN4O3/c1-33-19-10-7-17(8-11-19)23-14-22(16-5-3-2-4-6-16)29-30(23)24(31)15-28-18-9-12-20(25(27)32)21(26)13-18/h2-13,23,28H,14-15H2,1H3,(H2,27,32). The van der Waals surface area contributed by atoms with E-state index >= 15 is 0 Å². The monoisotopic (exact) mass is 446 g/mol. The highest BCUT2D eigenvalue weighted by Crippen LogP contribution is 2.33. The van der Waals surface area contributed by atoms with E-state index in [1.807, 2.05) is 54.6 Å². The van der Waals surface area contributed by atoms with Gasteiger partial charge in [-0.15, -0.1) is 0 Å². The fourth-order valence-corrected chi connectivity index (χ4v) is 3.71. The molecule has 0 bridgehead atoms. The maximum Gasteiger partial charge on any atom is 0.262 e. The van der Waals surface area contributed by atoms with Crippen molar-refractivity contribution >= 4 is 23.2 Å². The van der Waals surface area contributed by atoms with Crippen molar-refractivity contribution in [1.29, 1.82) is 0 Å². The Kier molecular flexibility index (Phi) is 6.35. The van der Waals surface area contributed by atoms with Crippen LogP contribution in [0.1, 0.15) is 33.9 Å². The van der Waals surface area contributed by atoms with Crippen LogP contribution in [0.3, 0.4) is 0 Å². The van der Waals surface area contributed by atoms with E-state index < -0.39 is 11.7 Å². The second kappa shape index (κ2) is 9.52. The molecular formula is C25H23FN4O3. The smallest absolute Gasteiger partial charge is 0.262 e. The van der Waals surface area contributed by atoms with Gasteiger partial charge in [-0.1, -0.05) is 42.5 Å². The first-order valence-electron chi connectivity index (χ1n) is 10.4. The van der Waals surface area contributed by atoms with E-state index in [1.54, 1.807) is 7.11 Å². The molecule has 1 aliphatic rings. The first-order chi connectivity index (χ1) is 16.0. The minimum absolute atomic E-state index is 0.104. The van der Waals surface area contributed by atoms with Crippen LogP contribution in [0.2, 0.25) is 0 Å². The summed E-state index contributed by atoms with van der Waals surface area (Å²) < 4.78 is 19.3. The minimum atomic E-state index is -0.850. The molecule has 3 N–H and O–H groups in total. The molecule has 8 heteroatoms. The zero-order valence-electron chi connectivity index (χ0n) is 18.0. The third-order valence-electron chi connectivity index (χ3n) is 5.45. The van der Waals surface area contributed by atoms with Gasteiger partial charge in [0.15, 0.2) is 0 Å². The van der Waals surface area contributed by atoms with Gasteiger partial charge in [-0.3, -0.25) is 9.59 Å². The summed E-state index contributed by atoms with van der Waals surface area (Å²) in [5, 5.41) is 8.98. The number of nitrogens with zero attached hydrogens (tertiary/aromatic N) is 2. The average Bonchev–Trinajstić information content (AvgIpc) is 3.28. The molecule has 0 saturated carbocycles. The highest BCUT2D eigenvalue weighted by atomic mass is 19.1. The normalized spacial score (nSPS) is 15.2. The van der Waals surface area contributed by atoms with Crippen molar-refractivity contribution in [3.63, 3.8) is 0 Å². The van der Waals surface area contributed by atoms with Crippen LogP contribution in [0, 0.1) is 5.82 Å². The lowest BCUT2D eigenvalue weighted by atomic mass is 9.98. The van der Waals surface area contributed by atoms with Gasteiger partial charge in [-0.25, -0.2) is 9.40 Å². The molecule has 1 heterocycles. The number of carbonyl (C=O) groups excluding carboxylic acids is 2. The number of nitrogens with two attached hydrogens (primary N) is 1. The number of rotatable bonds is 7. The minimum Gasteiger partial charge on any atom is -0.497 e. The molecule has 0 spiro atoms. The molecular weight excluding hydrogens is 423 g/mol. The zero-order valence-corrected chi connectivity index (χ0v) is 18.0. The molecule has 33 heavy (non-hydrogen) atoms. The largest absolute Gasteiger partial charge is 0.497 e. The number of anilines is 1. The SMILES string of the molecule is COc1ccc(C2CC(c3ccccc3)=NN2C(=O)CNc2ccc(C(N)=O)c(F)c2)cc1. The highest BCUT2D eigenvalue weighted by molar-refractivity contribution is 6.03. The number of hydrogen-bond acceptors (Lipinski definition) is 5. The van der Waals surface area contributed by atoms with E-state index in [2.05, 4.69) is 10.4 Å². The lowest BCUT2D eigenvalue weighted by Gasteiger charge is -2.22. The van der Waals surface area contributed by atoms with Crippen LogP contribution >= 0.6 is 0 Å². The molecule has 3 aromatic rings. The molecule has 1 aliphatic heterocycles. The number of halogens is 1. The summed E-state index contributed by atoms with van der Waals surface area (Å²) in [6, 6.07) is 20.9. The lowest BCUT2D eigenvalue weighted by molar-refractivity contribution is -0.131. The Morgan fingerprint density at radius 3 is 2.48 bits per heavy atom. The summed E-state index contributed by atoms with van der Waals surface area (Å²) in [5.74, 6) is -1.15. The highest BCUT2D eigenvalue weighted by Gasteiger charge is 2.33. The van der Waals surface area contributed by atoms with Crippen molar-refractivity contribution in [2.45, 2.75) is 12.5 Å². The van der Waals surface area contributed by atoms with E-state index in [9.17, 15) is 14.0 Å². The van der Waals surface area contributed by atoms with Crippen LogP contribution in [-0.2, 0) is 4.79 Å². The fourth-order valence-electron chi connectivity index (χ4n) is 3.71. The van der Waals surface area contributed by atoms with Crippen molar-refractivity contribution in [3.05, 3.63) is 95.3 Å². The molecule has 0 radical (unpaired) electrons. The quantitative estimate of drug-likeness (QED) is 0.578. The second-order valence-electron chi connectivity index (χ2n) is 7.56. The fraction of sp³-hybridized carbons (Fsp3) is 0.160. The van der Waals surface area contributed by atoms with Gasteiger partial charge in [0.05, 0.1) is 31.0 Å². The summed E-state index contributed by atoms with van der Waals surface area (Å²) in [5.41, 5.74) is 7.97. The number of ether oxygens (including phenoxy) is 1. The van der Waals surface area contributed by atoms with Crippen LogP contribution < -0.4 is 15.8 Å². The maximum atomic E-state index is 14.0. The van der Waals surface area contributed by atoms with Gasteiger partial charge < -0.3 is 15.8 Å². The van der Waals surface area contributed by atoms with Crippen molar-refractivity contribution < 1.29 is 18.7 Å². The molecule has 0 aliphatic carbocycles. The van der Waals surface area contributed by atoms with Gasteiger partial charge in [0.25, 0.3) is 11.8 Å². The molecule has 0 saturated heterocycles. The third-order valence-corrected chi connectivity index (χ3v) is 5.45. The molecule has 1 atom stereocenters. The lowest BCUT2D eigenvalue weighted by Crippen LogP contribution is -2.32. The molecule has 3 aromatic carbocycles.